The van der Waals surface area contributed by atoms with Crippen LogP contribution in [0.2, 0.25) is 0 Å². The lowest BCUT2D eigenvalue weighted by atomic mass is 9.94. The van der Waals surface area contributed by atoms with Crippen molar-refractivity contribution < 1.29 is 0 Å². The highest BCUT2D eigenvalue weighted by atomic mass is 14.9. The lowest BCUT2D eigenvalue weighted by Crippen LogP contribution is -2.24. The fourth-order valence-electron chi connectivity index (χ4n) is 2.60. The summed E-state index contributed by atoms with van der Waals surface area (Å²) in [5, 5.41) is 4.61. The van der Waals surface area contributed by atoms with Crippen LogP contribution in [0.3, 0.4) is 0 Å². The monoisotopic (exact) mass is 242 g/mol. The molecule has 18 heavy (non-hydrogen) atoms. The fraction of sp³-hybridized carbons (Fsp3) is 0.438. The Hall–Kier alpha value is -1.41. The molecular formula is C16H22N2. The van der Waals surface area contributed by atoms with E-state index < -0.39 is 0 Å². The van der Waals surface area contributed by atoms with Crippen molar-refractivity contribution in [3.05, 3.63) is 42.1 Å². The third kappa shape index (κ3) is 2.70. The Morgan fingerprint density at radius 3 is 2.67 bits per heavy atom. The first kappa shape index (κ1) is 13.0. The molecule has 2 aromatic rings. The maximum absolute atomic E-state index is 4.79. The molecule has 2 rings (SSSR count). The number of hydrogen-bond donors (Lipinski definition) is 1. The average molecular weight is 242 g/mol. The highest BCUT2D eigenvalue weighted by Crippen LogP contribution is 2.25. The lowest BCUT2D eigenvalue weighted by Gasteiger charge is -2.23. The summed E-state index contributed by atoms with van der Waals surface area (Å²) in [6, 6.07) is 12.9. The average Bonchev–Trinajstić information content (AvgIpc) is 2.40. The standard InChI is InChI=1S/C16H22N2/c1-4-7-12(2)16(17-3)15-11-10-13-8-5-6-9-14(13)18-15/h5-6,8-12,16-17H,4,7H2,1-3H3. The van der Waals surface area contributed by atoms with Crippen LogP contribution in [0.4, 0.5) is 0 Å². The van der Waals surface area contributed by atoms with E-state index in [0.29, 0.717) is 12.0 Å². The molecule has 1 N–H and O–H groups in total. The Labute approximate surface area is 109 Å². The fourth-order valence-corrected chi connectivity index (χ4v) is 2.60. The number of hydrogen-bond acceptors (Lipinski definition) is 2. The van der Waals surface area contributed by atoms with Crippen LogP contribution in [-0.2, 0) is 0 Å². The highest BCUT2D eigenvalue weighted by molar-refractivity contribution is 5.78. The zero-order chi connectivity index (χ0) is 13.0. The van der Waals surface area contributed by atoms with E-state index in [1.807, 2.05) is 13.1 Å². The van der Waals surface area contributed by atoms with Gasteiger partial charge in [-0.15, -0.1) is 0 Å². The predicted octanol–water partition coefficient (Wildman–Crippen LogP) is 3.93. The predicted molar refractivity (Wildman–Crippen MR) is 77.6 cm³/mol. The van der Waals surface area contributed by atoms with Crippen LogP contribution in [0.1, 0.15) is 38.4 Å². The van der Waals surface area contributed by atoms with Gasteiger partial charge in [-0.2, -0.15) is 0 Å². The van der Waals surface area contributed by atoms with Crippen molar-refractivity contribution in [2.24, 2.45) is 5.92 Å². The maximum Gasteiger partial charge on any atom is 0.0706 e. The summed E-state index contributed by atoms with van der Waals surface area (Å²) in [4.78, 5) is 4.79. The number of nitrogens with zero attached hydrogens (tertiary/aromatic N) is 1. The summed E-state index contributed by atoms with van der Waals surface area (Å²) in [5.41, 5.74) is 2.23. The van der Waals surface area contributed by atoms with Crippen molar-refractivity contribution >= 4 is 10.9 Å². The molecule has 0 aliphatic carbocycles. The minimum atomic E-state index is 0.342. The van der Waals surface area contributed by atoms with E-state index in [9.17, 15) is 0 Å². The quantitative estimate of drug-likeness (QED) is 0.859. The van der Waals surface area contributed by atoms with Gasteiger partial charge in [0.15, 0.2) is 0 Å². The molecule has 0 radical (unpaired) electrons. The van der Waals surface area contributed by atoms with E-state index in [0.717, 1.165) is 11.2 Å². The number of pyridine rings is 1. The van der Waals surface area contributed by atoms with Crippen molar-refractivity contribution in [3.63, 3.8) is 0 Å². The topological polar surface area (TPSA) is 24.9 Å². The first-order valence-electron chi connectivity index (χ1n) is 6.79. The molecule has 0 spiro atoms. The Morgan fingerprint density at radius 2 is 1.94 bits per heavy atom. The molecule has 1 aromatic carbocycles. The Morgan fingerprint density at radius 1 is 1.17 bits per heavy atom. The van der Waals surface area contributed by atoms with Crippen LogP contribution in [0.5, 0.6) is 0 Å². The van der Waals surface area contributed by atoms with Crippen LogP contribution in [0, 0.1) is 5.92 Å². The Bertz CT molecular complexity index is 507. The number of benzene rings is 1. The summed E-state index contributed by atoms with van der Waals surface area (Å²) >= 11 is 0. The normalized spacial score (nSPS) is 14.6. The maximum atomic E-state index is 4.79. The van der Waals surface area contributed by atoms with Crippen LogP contribution >= 0.6 is 0 Å². The molecule has 0 saturated carbocycles. The van der Waals surface area contributed by atoms with Gasteiger partial charge in [-0.3, -0.25) is 4.98 Å². The van der Waals surface area contributed by atoms with Gasteiger partial charge in [-0.05, 0) is 31.5 Å². The second kappa shape index (κ2) is 5.96. The first-order chi connectivity index (χ1) is 8.76. The number of nitrogens with one attached hydrogen (secondary N) is 1. The Kier molecular flexibility index (Phi) is 4.32. The van der Waals surface area contributed by atoms with E-state index in [1.54, 1.807) is 0 Å². The molecule has 0 bridgehead atoms. The zero-order valence-corrected chi connectivity index (χ0v) is 11.5. The van der Waals surface area contributed by atoms with Crippen LogP contribution in [0.25, 0.3) is 10.9 Å². The van der Waals surface area contributed by atoms with Crippen molar-refractivity contribution in [1.29, 1.82) is 0 Å². The van der Waals surface area contributed by atoms with Gasteiger partial charge in [0.25, 0.3) is 0 Å². The van der Waals surface area contributed by atoms with Crippen molar-refractivity contribution in [2.75, 3.05) is 7.05 Å². The van der Waals surface area contributed by atoms with Gasteiger partial charge in [0.2, 0.25) is 0 Å². The molecule has 2 unspecified atom stereocenters. The summed E-state index contributed by atoms with van der Waals surface area (Å²) in [7, 11) is 2.02. The molecule has 0 saturated heterocycles. The van der Waals surface area contributed by atoms with Crippen LogP contribution < -0.4 is 5.32 Å². The molecular weight excluding hydrogens is 220 g/mol. The molecule has 1 heterocycles. The summed E-state index contributed by atoms with van der Waals surface area (Å²) in [5.74, 6) is 0.605. The highest BCUT2D eigenvalue weighted by Gasteiger charge is 2.18. The van der Waals surface area contributed by atoms with E-state index in [2.05, 4.69) is 49.5 Å². The van der Waals surface area contributed by atoms with Crippen molar-refractivity contribution in [2.45, 2.75) is 32.7 Å². The summed E-state index contributed by atoms with van der Waals surface area (Å²) in [6.07, 6.45) is 2.44. The molecule has 0 fully saturated rings. The Balaban J connectivity index is 2.33. The minimum absolute atomic E-state index is 0.342. The molecule has 2 atom stereocenters. The van der Waals surface area contributed by atoms with Crippen molar-refractivity contribution in [1.82, 2.24) is 10.3 Å². The van der Waals surface area contributed by atoms with E-state index in [-0.39, 0.29) is 0 Å². The number of rotatable bonds is 5. The molecule has 2 nitrogen and oxygen atoms in total. The molecule has 1 aromatic heterocycles. The molecule has 2 heteroatoms. The number of aromatic nitrogens is 1. The van der Waals surface area contributed by atoms with Gasteiger partial charge in [0.1, 0.15) is 0 Å². The van der Waals surface area contributed by atoms with Gasteiger partial charge < -0.3 is 5.32 Å². The second-order valence-corrected chi connectivity index (χ2v) is 4.96. The largest absolute Gasteiger partial charge is 0.311 e. The molecule has 0 amide bonds. The van der Waals surface area contributed by atoms with Gasteiger partial charge in [0.05, 0.1) is 17.3 Å². The third-order valence-electron chi connectivity index (χ3n) is 3.56. The van der Waals surface area contributed by atoms with Gasteiger partial charge in [-0.25, -0.2) is 0 Å². The van der Waals surface area contributed by atoms with E-state index >= 15 is 0 Å². The van der Waals surface area contributed by atoms with Gasteiger partial charge in [-0.1, -0.05) is 44.5 Å². The van der Waals surface area contributed by atoms with E-state index in [4.69, 9.17) is 4.98 Å². The molecule has 0 aliphatic rings. The van der Waals surface area contributed by atoms with Crippen LogP contribution in [0.15, 0.2) is 36.4 Å². The second-order valence-electron chi connectivity index (χ2n) is 4.96. The van der Waals surface area contributed by atoms with Crippen LogP contribution in [-0.4, -0.2) is 12.0 Å². The first-order valence-corrected chi connectivity index (χ1v) is 6.79. The number of para-hydroxylation sites is 1. The smallest absolute Gasteiger partial charge is 0.0706 e. The summed E-state index contributed by atoms with van der Waals surface area (Å²) in [6.45, 7) is 4.53. The third-order valence-corrected chi connectivity index (χ3v) is 3.56. The SMILES string of the molecule is CCCC(C)C(NC)c1ccc2ccccc2n1. The van der Waals surface area contributed by atoms with E-state index in [1.165, 1.54) is 18.2 Å². The van der Waals surface area contributed by atoms with Crippen molar-refractivity contribution in [3.8, 4) is 0 Å². The minimum Gasteiger partial charge on any atom is -0.311 e. The molecule has 0 aliphatic heterocycles. The molecule has 96 valence electrons. The van der Waals surface area contributed by atoms with Gasteiger partial charge in [0, 0.05) is 5.39 Å². The lowest BCUT2D eigenvalue weighted by molar-refractivity contribution is 0.377. The van der Waals surface area contributed by atoms with Gasteiger partial charge >= 0.3 is 0 Å². The summed E-state index contributed by atoms with van der Waals surface area (Å²) < 4.78 is 0. The zero-order valence-electron chi connectivity index (χ0n) is 11.5. The number of fused-ring (bicyclic) bond motifs is 1.